The summed E-state index contributed by atoms with van der Waals surface area (Å²) in [5, 5.41) is 0. The van der Waals surface area contributed by atoms with E-state index in [-0.39, 0.29) is 5.91 Å². The van der Waals surface area contributed by atoms with Gasteiger partial charge in [0.1, 0.15) is 0 Å². The molecule has 0 N–H and O–H groups in total. The molecule has 1 heterocycles. The van der Waals surface area contributed by atoms with Crippen LogP contribution in [-0.4, -0.2) is 49.4 Å². The number of hydrogen-bond donors (Lipinski definition) is 0. The Balaban J connectivity index is 2.46. The van der Waals surface area contributed by atoms with Gasteiger partial charge in [0.2, 0.25) is 5.91 Å². The minimum absolute atomic E-state index is 0.143. The molecule has 0 aliphatic carbocycles. The van der Waals surface area contributed by atoms with E-state index in [1.54, 1.807) is 11.3 Å². The highest BCUT2D eigenvalue weighted by Crippen LogP contribution is 1.97. The molecule has 1 aliphatic rings. The molecule has 0 bridgehead atoms. The summed E-state index contributed by atoms with van der Waals surface area (Å²) in [6.07, 6.45) is 1.72. The zero-order chi connectivity index (χ0) is 7.56. The third kappa shape index (κ3) is 1.70. The smallest absolute Gasteiger partial charge is 0.227 e. The molecule has 57 valence electrons. The van der Waals surface area contributed by atoms with Crippen molar-refractivity contribution in [1.82, 2.24) is 9.80 Å². The number of carbonyl (C=O) groups is 1. The Hall–Kier alpha value is -0.570. The molecule has 0 spiro atoms. The molecule has 0 aromatic carbocycles. The van der Waals surface area contributed by atoms with Gasteiger partial charge in [-0.05, 0) is 7.05 Å². The molecular weight excluding hydrogens is 128 g/mol. The second-order valence-corrected chi connectivity index (χ2v) is 2.73. The van der Waals surface area contributed by atoms with Gasteiger partial charge in [-0.1, -0.05) is 0 Å². The molecule has 1 aliphatic heterocycles. The highest BCUT2D eigenvalue weighted by Gasteiger charge is 2.14. The van der Waals surface area contributed by atoms with Crippen LogP contribution >= 0.6 is 0 Å². The van der Waals surface area contributed by atoms with Crippen molar-refractivity contribution in [3.63, 3.8) is 0 Å². The Labute approximate surface area is 61.6 Å². The molecule has 0 aromatic rings. The highest BCUT2D eigenvalue weighted by atomic mass is 16.2. The van der Waals surface area contributed by atoms with Gasteiger partial charge < -0.3 is 9.80 Å². The Morgan fingerprint density at radius 2 is 2.10 bits per heavy atom. The zero-order valence-corrected chi connectivity index (χ0v) is 6.50. The van der Waals surface area contributed by atoms with Crippen molar-refractivity contribution in [1.29, 1.82) is 0 Å². The standard InChI is InChI=1S/C7H13N2O/c1-8-4-3-7(10)9(2)6-5-8/h3H,4-6H2,1-2H3. The van der Waals surface area contributed by atoms with Crippen molar-refractivity contribution in [3.05, 3.63) is 6.42 Å². The van der Waals surface area contributed by atoms with Crippen molar-refractivity contribution < 1.29 is 4.79 Å². The first-order chi connectivity index (χ1) is 4.70. The van der Waals surface area contributed by atoms with Gasteiger partial charge in [-0.3, -0.25) is 4.79 Å². The first-order valence-electron chi connectivity index (χ1n) is 3.47. The lowest BCUT2D eigenvalue weighted by Gasteiger charge is -2.13. The summed E-state index contributed by atoms with van der Waals surface area (Å²) in [5.74, 6) is 0.143. The minimum atomic E-state index is 0.143. The van der Waals surface area contributed by atoms with Gasteiger partial charge in [0, 0.05) is 26.7 Å². The fraction of sp³-hybridized carbons (Fsp3) is 0.714. The van der Waals surface area contributed by atoms with Gasteiger partial charge in [-0.25, -0.2) is 0 Å². The third-order valence-corrected chi connectivity index (χ3v) is 1.77. The van der Waals surface area contributed by atoms with Crippen molar-refractivity contribution in [2.45, 2.75) is 0 Å². The summed E-state index contributed by atoms with van der Waals surface area (Å²) in [4.78, 5) is 14.9. The molecule has 3 heteroatoms. The number of likely N-dealkylation sites (N-methyl/N-ethyl adjacent to an activating group) is 2. The molecule has 10 heavy (non-hydrogen) atoms. The van der Waals surface area contributed by atoms with Crippen molar-refractivity contribution in [2.75, 3.05) is 33.7 Å². The van der Waals surface area contributed by atoms with Crippen LogP contribution in [0.4, 0.5) is 0 Å². The van der Waals surface area contributed by atoms with Gasteiger partial charge >= 0.3 is 0 Å². The van der Waals surface area contributed by atoms with E-state index < -0.39 is 0 Å². The molecule has 1 fully saturated rings. The second kappa shape index (κ2) is 3.01. The van der Waals surface area contributed by atoms with E-state index in [0.717, 1.165) is 19.6 Å². The summed E-state index contributed by atoms with van der Waals surface area (Å²) in [6.45, 7) is 2.59. The molecule has 0 saturated carbocycles. The first-order valence-corrected chi connectivity index (χ1v) is 3.47. The zero-order valence-electron chi connectivity index (χ0n) is 6.50. The molecule has 1 radical (unpaired) electrons. The van der Waals surface area contributed by atoms with E-state index in [4.69, 9.17) is 0 Å². The summed E-state index contributed by atoms with van der Waals surface area (Å²) >= 11 is 0. The summed E-state index contributed by atoms with van der Waals surface area (Å²) in [7, 11) is 3.85. The molecule has 0 atom stereocenters. The highest BCUT2D eigenvalue weighted by molar-refractivity contribution is 5.85. The fourth-order valence-electron chi connectivity index (χ4n) is 0.912. The Bertz CT molecular complexity index is 136. The SMILES string of the molecule is CN1C[CH]C(=O)N(C)CC1. The molecule has 0 aromatic heterocycles. The Morgan fingerprint density at radius 3 is 2.80 bits per heavy atom. The quantitative estimate of drug-likeness (QED) is 0.458. The minimum Gasteiger partial charge on any atom is -0.344 e. The average Bonchev–Trinajstić information content (AvgIpc) is 2.04. The number of nitrogens with zero attached hydrogens (tertiary/aromatic N) is 2. The Morgan fingerprint density at radius 1 is 1.40 bits per heavy atom. The fourth-order valence-corrected chi connectivity index (χ4v) is 0.912. The number of hydrogen-bond acceptors (Lipinski definition) is 2. The maximum atomic E-state index is 11.0. The van der Waals surface area contributed by atoms with E-state index >= 15 is 0 Å². The van der Waals surface area contributed by atoms with E-state index in [0.29, 0.717) is 0 Å². The Kier molecular flexibility index (Phi) is 2.27. The van der Waals surface area contributed by atoms with Crippen LogP contribution in [0.25, 0.3) is 0 Å². The summed E-state index contributed by atoms with van der Waals surface area (Å²) in [5.41, 5.74) is 0. The molecular formula is C7H13N2O. The van der Waals surface area contributed by atoms with Gasteiger partial charge in [-0.15, -0.1) is 0 Å². The number of amides is 1. The van der Waals surface area contributed by atoms with Gasteiger partial charge in [0.05, 0.1) is 6.42 Å². The largest absolute Gasteiger partial charge is 0.344 e. The molecule has 1 rings (SSSR count). The lowest BCUT2D eigenvalue weighted by atomic mass is 10.4. The van der Waals surface area contributed by atoms with Crippen LogP contribution in [0.2, 0.25) is 0 Å². The second-order valence-electron chi connectivity index (χ2n) is 2.73. The lowest BCUT2D eigenvalue weighted by molar-refractivity contribution is -0.125. The molecule has 1 amide bonds. The van der Waals surface area contributed by atoms with Crippen molar-refractivity contribution in [2.24, 2.45) is 0 Å². The van der Waals surface area contributed by atoms with Crippen LogP contribution < -0.4 is 0 Å². The first kappa shape index (κ1) is 7.54. The van der Waals surface area contributed by atoms with Crippen LogP contribution in [0.15, 0.2) is 0 Å². The summed E-state index contributed by atoms with van der Waals surface area (Å²) in [6, 6.07) is 0. The van der Waals surface area contributed by atoms with E-state index in [9.17, 15) is 4.79 Å². The van der Waals surface area contributed by atoms with Gasteiger partial charge in [0.15, 0.2) is 0 Å². The summed E-state index contributed by atoms with van der Waals surface area (Å²) < 4.78 is 0. The van der Waals surface area contributed by atoms with Crippen LogP contribution in [-0.2, 0) is 4.79 Å². The predicted molar refractivity (Wildman–Crippen MR) is 39.4 cm³/mol. The number of rotatable bonds is 0. The predicted octanol–water partition coefficient (Wildman–Crippen LogP) is -0.406. The molecule has 0 unspecified atom stereocenters. The number of carbonyl (C=O) groups excluding carboxylic acids is 1. The van der Waals surface area contributed by atoms with E-state index in [1.165, 1.54) is 0 Å². The van der Waals surface area contributed by atoms with E-state index in [1.807, 2.05) is 14.1 Å². The normalized spacial score (nSPS) is 23.0. The average molecular weight is 141 g/mol. The van der Waals surface area contributed by atoms with Gasteiger partial charge in [-0.2, -0.15) is 0 Å². The lowest BCUT2D eigenvalue weighted by Crippen LogP contribution is -2.28. The van der Waals surface area contributed by atoms with Gasteiger partial charge in [0.25, 0.3) is 0 Å². The van der Waals surface area contributed by atoms with E-state index in [2.05, 4.69) is 4.90 Å². The maximum Gasteiger partial charge on any atom is 0.227 e. The maximum absolute atomic E-state index is 11.0. The molecule has 3 nitrogen and oxygen atoms in total. The van der Waals surface area contributed by atoms with Crippen molar-refractivity contribution >= 4 is 5.91 Å². The third-order valence-electron chi connectivity index (χ3n) is 1.77. The van der Waals surface area contributed by atoms with Crippen LogP contribution in [0.3, 0.4) is 0 Å². The molecule has 1 saturated heterocycles. The van der Waals surface area contributed by atoms with Crippen LogP contribution in [0.5, 0.6) is 0 Å². The monoisotopic (exact) mass is 141 g/mol. The van der Waals surface area contributed by atoms with Crippen LogP contribution in [0, 0.1) is 6.42 Å². The van der Waals surface area contributed by atoms with Crippen LogP contribution in [0.1, 0.15) is 0 Å². The van der Waals surface area contributed by atoms with Crippen molar-refractivity contribution in [3.8, 4) is 0 Å². The topological polar surface area (TPSA) is 23.6 Å².